The lowest BCUT2D eigenvalue weighted by molar-refractivity contribution is 0.0999. The quantitative estimate of drug-likeness (QED) is 0.768. The standard InChI is InChI=1S/C21H19N3O2/c1-14-19(21(23)25)11-20(17-5-3-4-16(10-17)12-22)24(14)13-15-6-8-18(26-2)9-7-15/h3-11H,13H2,1-2H3,(H2,23,25). The van der Waals surface area contributed by atoms with E-state index < -0.39 is 5.91 Å². The zero-order valence-electron chi connectivity index (χ0n) is 14.7. The molecule has 0 saturated carbocycles. The maximum absolute atomic E-state index is 11.8. The number of benzene rings is 2. The van der Waals surface area contributed by atoms with Gasteiger partial charge in [0.2, 0.25) is 0 Å². The maximum Gasteiger partial charge on any atom is 0.250 e. The Labute approximate surface area is 152 Å². The lowest BCUT2D eigenvalue weighted by atomic mass is 10.1. The third-order valence-corrected chi connectivity index (χ3v) is 4.42. The number of nitriles is 1. The fourth-order valence-corrected chi connectivity index (χ4v) is 3.00. The van der Waals surface area contributed by atoms with Gasteiger partial charge in [0.25, 0.3) is 5.91 Å². The smallest absolute Gasteiger partial charge is 0.250 e. The van der Waals surface area contributed by atoms with Crippen LogP contribution in [0.5, 0.6) is 5.75 Å². The fourth-order valence-electron chi connectivity index (χ4n) is 3.00. The average molecular weight is 345 g/mol. The number of nitrogens with two attached hydrogens (primary N) is 1. The number of hydrogen-bond donors (Lipinski definition) is 1. The second-order valence-electron chi connectivity index (χ2n) is 6.02. The Morgan fingerprint density at radius 1 is 1.19 bits per heavy atom. The summed E-state index contributed by atoms with van der Waals surface area (Å²) < 4.78 is 7.24. The number of aromatic nitrogens is 1. The number of nitrogens with zero attached hydrogens (tertiary/aromatic N) is 2. The summed E-state index contributed by atoms with van der Waals surface area (Å²) in [6, 6.07) is 19.0. The van der Waals surface area contributed by atoms with Gasteiger partial charge in [0, 0.05) is 17.9 Å². The van der Waals surface area contributed by atoms with Gasteiger partial charge in [0.1, 0.15) is 5.75 Å². The SMILES string of the molecule is COc1ccc(Cn2c(-c3cccc(C#N)c3)cc(C(N)=O)c2C)cc1. The van der Waals surface area contributed by atoms with Crippen LogP contribution in [0.15, 0.2) is 54.6 Å². The highest BCUT2D eigenvalue weighted by atomic mass is 16.5. The molecule has 0 aliphatic carbocycles. The normalized spacial score (nSPS) is 10.3. The second-order valence-corrected chi connectivity index (χ2v) is 6.02. The predicted octanol–water partition coefficient (Wildman–Crippen LogP) is 3.49. The Balaban J connectivity index is 2.09. The summed E-state index contributed by atoms with van der Waals surface area (Å²) in [5.41, 5.74) is 10.2. The van der Waals surface area contributed by atoms with E-state index in [-0.39, 0.29) is 0 Å². The highest BCUT2D eigenvalue weighted by molar-refractivity contribution is 5.95. The zero-order valence-corrected chi connectivity index (χ0v) is 14.7. The molecule has 0 saturated heterocycles. The third-order valence-electron chi connectivity index (χ3n) is 4.42. The van der Waals surface area contributed by atoms with E-state index in [2.05, 4.69) is 6.07 Å². The van der Waals surface area contributed by atoms with Crippen LogP contribution in [0.1, 0.15) is 27.2 Å². The summed E-state index contributed by atoms with van der Waals surface area (Å²) in [5.74, 6) is 0.325. The lowest BCUT2D eigenvalue weighted by Crippen LogP contribution is -2.12. The van der Waals surface area contributed by atoms with E-state index in [1.807, 2.05) is 54.0 Å². The molecule has 5 nitrogen and oxygen atoms in total. The van der Waals surface area contributed by atoms with Gasteiger partial charge in [-0.25, -0.2) is 0 Å². The largest absolute Gasteiger partial charge is 0.497 e. The molecule has 0 fully saturated rings. The van der Waals surface area contributed by atoms with Gasteiger partial charge in [-0.15, -0.1) is 0 Å². The molecular weight excluding hydrogens is 326 g/mol. The Kier molecular flexibility index (Phi) is 4.76. The number of primary amides is 1. The summed E-state index contributed by atoms with van der Waals surface area (Å²) in [6.07, 6.45) is 0. The van der Waals surface area contributed by atoms with Gasteiger partial charge in [-0.05, 0) is 48.4 Å². The van der Waals surface area contributed by atoms with Crippen molar-refractivity contribution < 1.29 is 9.53 Å². The van der Waals surface area contributed by atoms with Crippen molar-refractivity contribution in [2.75, 3.05) is 7.11 Å². The van der Waals surface area contributed by atoms with Crippen LogP contribution in [0.3, 0.4) is 0 Å². The highest BCUT2D eigenvalue weighted by Crippen LogP contribution is 2.28. The number of carbonyl (C=O) groups excluding carboxylic acids is 1. The first-order valence-corrected chi connectivity index (χ1v) is 8.17. The summed E-state index contributed by atoms with van der Waals surface area (Å²) in [5, 5.41) is 9.17. The minimum Gasteiger partial charge on any atom is -0.497 e. The van der Waals surface area contributed by atoms with Crippen molar-refractivity contribution in [3.63, 3.8) is 0 Å². The molecule has 2 aromatic carbocycles. The molecule has 3 aromatic rings. The van der Waals surface area contributed by atoms with Crippen LogP contribution in [0, 0.1) is 18.3 Å². The molecule has 1 amide bonds. The Hall–Kier alpha value is -3.52. The van der Waals surface area contributed by atoms with Crippen molar-refractivity contribution in [1.82, 2.24) is 4.57 Å². The Morgan fingerprint density at radius 3 is 2.54 bits per heavy atom. The van der Waals surface area contributed by atoms with Crippen LogP contribution in [-0.2, 0) is 6.54 Å². The molecule has 0 unspecified atom stereocenters. The maximum atomic E-state index is 11.8. The number of methoxy groups -OCH3 is 1. The molecule has 1 aromatic heterocycles. The molecule has 0 atom stereocenters. The molecule has 0 bridgehead atoms. The number of rotatable bonds is 5. The van der Waals surface area contributed by atoms with Gasteiger partial charge >= 0.3 is 0 Å². The van der Waals surface area contributed by atoms with Gasteiger partial charge < -0.3 is 15.0 Å². The molecule has 0 aliphatic rings. The number of carbonyl (C=O) groups is 1. The van der Waals surface area contributed by atoms with Gasteiger partial charge in [-0.3, -0.25) is 4.79 Å². The molecule has 0 aliphatic heterocycles. The topological polar surface area (TPSA) is 81.0 Å². The van der Waals surface area contributed by atoms with Crippen molar-refractivity contribution >= 4 is 5.91 Å². The third kappa shape index (κ3) is 3.31. The molecule has 5 heteroatoms. The van der Waals surface area contributed by atoms with E-state index in [1.54, 1.807) is 19.2 Å². The van der Waals surface area contributed by atoms with E-state index in [0.717, 1.165) is 28.3 Å². The van der Waals surface area contributed by atoms with Crippen molar-refractivity contribution in [3.05, 3.63) is 77.0 Å². The van der Waals surface area contributed by atoms with Crippen molar-refractivity contribution in [2.24, 2.45) is 5.73 Å². The second kappa shape index (κ2) is 7.16. The number of amides is 1. The van der Waals surface area contributed by atoms with Crippen LogP contribution in [-0.4, -0.2) is 17.6 Å². The summed E-state index contributed by atoms with van der Waals surface area (Å²) in [6.45, 7) is 2.45. The first kappa shape index (κ1) is 17.3. The molecule has 1 heterocycles. The predicted molar refractivity (Wildman–Crippen MR) is 99.9 cm³/mol. The molecule has 2 N–H and O–H groups in total. The average Bonchev–Trinajstić information content (AvgIpc) is 2.99. The molecule has 3 rings (SSSR count). The van der Waals surface area contributed by atoms with Gasteiger partial charge in [-0.2, -0.15) is 5.26 Å². The fraction of sp³-hybridized carbons (Fsp3) is 0.143. The van der Waals surface area contributed by atoms with E-state index in [4.69, 9.17) is 15.7 Å². The van der Waals surface area contributed by atoms with Crippen molar-refractivity contribution in [2.45, 2.75) is 13.5 Å². The number of hydrogen-bond acceptors (Lipinski definition) is 3. The molecule has 0 spiro atoms. The first-order valence-electron chi connectivity index (χ1n) is 8.17. The summed E-state index contributed by atoms with van der Waals surface area (Å²) >= 11 is 0. The van der Waals surface area contributed by atoms with E-state index >= 15 is 0 Å². The highest BCUT2D eigenvalue weighted by Gasteiger charge is 2.17. The van der Waals surface area contributed by atoms with Crippen LogP contribution in [0.4, 0.5) is 0 Å². The van der Waals surface area contributed by atoms with Gasteiger partial charge in [-0.1, -0.05) is 24.3 Å². The van der Waals surface area contributed by atoms with Crippen LogP contribution in [0.25, 0.3) is 11.3 Å². The van der Waals surface area contributed by atoms with Crippen LogP contribution < -0.4 is 10.5 Å². The van der Waals surface area contributed by atoms with Crippen LogP contribution >= 0.6 is 0 Å². The lowest BCUT2D eigenvalue weighted by Gasteiger charge is -2.13. The van der Waals surface area contributed by atoms with Crippen molar-refractivity contribution in [1.29, 1.82) is 5.26 Å². The van der Waals surface area contributed by atoms with E-state index in [9.17, 15) is 4.79 Å². The van der Waals surface area contributed by atoms with E-state index in [1.165, 1.54) is 0 Å². The first-order chi connectivity index (χ1) is 12.5. The van der Waals surface area contributed by atoms with Crippen molar-refractivity contribution in [3.8, 4) is 23.1 Å². The monoisotopic (exact) mass is 345 g/mol. The summed E-state index contributed by atoms with van der Waals surface area (Å²) in [7, 11) is 1.63. The summed E-state index contributed by atoms with van der Waals surface area (Å²) in [4.78, 5) is 11.8. The molecular formula is C21H19N3O2. The Bertz CT molecular complexity index is 995. The van der Waals surface area contributed by atoms with Gasteiger partial charge in [0.05, 0.1) is 24.3 Å². The van der Waals surface area contributed by atoms with Crippen LogP contribution in [0.2, 0.25) is 0 Å². The number of ether oxygens (including phenoxy) is 1. The van der Waals surface area contributed by atoms with Gasteiger partial charge in [0.15, 0.2) is 0 Å². The minimum atomic E-state index is -0.464. The molecule has 0 radical (unpaired) electrons. The minimum absolute atomic E-state index is 0.464. The Morgan fingerprint density at radius 2 is 1.92 bits per heavy atom. The zero-order chi connectivity index (χ0) is 18.7. The molecule has 130 valence electrons. The molecule has 26 heavy (non-hydrogen) atoms. The van der Waals surface area contributed by atoms with E-state index in [0.29, 0.717) is 17.7 Å².